The molecule has 0 aliphatic carbocycles. The number of rotatable bonds is 4. The zero-order valence-corrected chi connectivity index (χ0v) is 13.8. The Morgan fingerprint density at radius 3 is 2.52 bits per heavy atom. The highest BCUT2D eigenvalue weighted by Crippen LogP contribution is 2.33. The molecule has 130 valence electrons. The average molecular weight is 367 g/mol. The van der Waals surface area contributed by atoms with Crippen molar-refractivity contribution in [1.29, 1.82) is 0 Å². The van der Waals surface area contributed by atoms with E-state index in [1.54, 1.807) is 0 Å². The van der Waals surface area contributed by atoms with E-state index in [1.165, 1.54) is 0 Å². The monoisotopic (exact) mass is 367 g/mol. The second-order valence-corrected chi connectivity index (χ2v) is 5.98. The number of carbonyl (C=O) groups excluding carboxylic acids is 1. The van der Waals surface area contributed by atoms with Crippen LogP contribution >= 0.6 is 11.8 Å². The molecule has 0 bridgehead atoms. The summed E-state index contributed by atoms with van der Waals surface area (Å²) >= 11 is 1.11. The molecule has 0 saturated heterocycles. The minimum absolute atomic E-state index is 0.0527. The molecule has 2 heterocycles. The van der Waals surface area contributed by atoms with E-state index in [2.05, 4.69) is 14.9 Å². The number of aromatic nitrogens is 3. The molecule has 1 aromatic carbocycles. The molecular formula is C16H12F3N3O2S. The molecule has 0 N–H and O–H groups in total. The smallest absolute Gasteiger partial charge is 0.431 e. The van der Waals surface area contributed by atoms with Gasteiger partial charge in [-0.1, -0.05) is 42.1 Å². The highest BCUT2D eigenvalue weighted by molar-refractivity contribution is 7.98. The molecule has 0 radical (unpaired) electrons. The molecule has 0 aliphatic rings. The van der Waals surface area contributed by atoms with Gasteiger partial charge in [0.25, 0.3) is 0 Å². The Hall–Kier alpha value is -2.55. The molecule has 0 fully saturated rings. The molecule has 5 nitrogen and oxygen atoms in total. The number of thioether (sulfide) groups is 1. The second kappa shape index (κ2) is 6.75. The third-order valence-corrected chi connectivity index (χ3v) is 4.43. The zero-order valence-electron chi connectivity index (χ0n) is 12.9. The van der Waals surface area contributed by atoms with Gasteiger partial charge in [-0.3, -0.25) is 4.40 Å². The van der Waals surface area contributed by atoms with Crippen molar-refractivity contribution in [2.24, 2.45) is 0 Å². The predicted octanol–water partition coefficient (Wildman–Crippen LogP) is 3.83. The third-order valence-electron chi connectivity index (χ3n) is 3.43. The van der Waals surface area contributed by atoms with Crippen LogP contribution in [0.1, 0.15) is 21.6 Å². The van der Waals surface area contributed by atoms with Gasteiger partial charge in [0.15, 0.2) is 10.8 Å². The molecule has 0 atom stereocenters. The van der Waals surface area contributed by atoms with Crippen LogP contribution in [0.5, 0.6) is 0 Å². The minimum Gasteiger partial charge on any atom is -0.465 e. The van der Waals surface area contributed by atoms with Gasteiger partial charge >= 0.3 is 12.1 Å². The van der Waals surface area contributed by atoms with Crippen LogP contribution in [0.2, 0.25) is 0 Å². The van der Waals surface area contributed by atoms with Crippen molar-refractivity contribution in [1.82, 2.24) is 14.6 Å². The number of methoxy groups -OCH3 is 1. The Morgan fingerprint density at radius 1 is 1.16 bits per heavy atom. The third kappa shape index (κ3) is 3.46. The van der Waals surface area contributed by atoms with Gasteiger partial charge in [0, 0.05) is 5.75 Å². The summed E-state index contributed by atoms with van der Waals surface area (Å²) < 4.78 is 45.5. The second-order valence-electron chi connectivity index (χ2n) is 5.04. The molecular weight excluding hydrogens is 355 g/mol. The fraction of sp³-hybridized carbons (Fsp3) is 0.188. The van der Waals surface area contributed by atoms with Gasteiger partial charge in [-0.2, -0.15) is 13.2 Å². The van der Waals surface area contributed by atoms with E-state index >= 15 is 0 Å². The molecule has 0 saturated carbocycles. The van der Waals surface area contributed by atoms with Crippen LogP contribution in [-0.4, -0.2) is 27.7 Å². The summed E-state index contributed by atoms with van der Waals surface area (Å²) in [4.78, 5) is 11.8. The number of alkyl halides is 3. The van der Waals surface area contributed by atoms with Crippen molar-refractivity contribution in [2.75, 3.05) is 7.11 Å². The van der Waals surface area contributed by atoms with E-state index in [-0.39, 0.29) is 16.4 Å². The van der Waals surface area contributed by atoms with Crippen LogP contribution in [0.25, 0.3) is 5.65 Å². The SMILES string of the molecule is COC(=O)c1ccc(C(F)(F)F)n2c(SCc3ccccc3)nnc12. The number of fused-ring (bicyclic) bond motifs is 1. The molecule has 3 aromatic rings. The van der Waals surface area contributed by atoms with Crippen LogP contribution in [0, 0.1) is 0 Å². The van der Waals surface area contributed by atoms with E-state index in [0.717, 1.165) is 41.0 Å². The molecule has 2 aromatic heterocycles. The van der Waals surface area contributed by atoms with Crippen molar-refractivity contribution in [3.63, 3.8) is 0 Å². The van der Waals surface area contributed by atoms with Gasteiger partial charge in [0.05, 0.1) is 7.11 Å². The summed E-state index contributed by atoms with van der Waals surface area (Å²) in [6.45, 7) is 0. The number of nitrogens with zero attached hydrogens (tertiary/aromatic N) is 3. The molecule has 9 heteroatoms. The first-order valence-corrected chi connectivity index (χ1v) is 8.10. The van der Waals surface area contributed by atoms with Crippen LogP contribution in [0.15, 0.2) is 47.6 Å². The maximum Gasteiger partial charge on any atom is 0.431 e. The maximum atomic E-state index is 13.4. The first-order valence-electron chi connectivity index (χ1n) is 7.12. The number of carbonyl (C=O) groups is 1. The fourth-order valence-corrected chi connectivity index (χ4v) is 3.18. The molecule has 3 rings (SSSR count). The lowest BCUT2D eigenvalue weighted by molar-refractivity contribution is -0.142. The number of halogens is 3. The van der Waals surface area contributed by atoms with Crippen molar-refractivity contribution in [3.8, 4) is 0 Å². The van der Waals surface area contributed by atoms with E-state index < -0.39 is 17.8 Å². The largest absolute Gasteiger partial charge is 0.465 e. The lowest BCUT2D eigenvalue weighted by atomic mass is 10.2. The van der Waals surface area contributed by atoms with Crippen LogP contribution in [-0.2, 0) is 16.7 Å². The lowest BCUT2D eigenvalue weighted by Crippen LogP contribution is -2.14. The summed E-state index contributed by atoms with van der Waals surface area (Å²) in [6.07, 6.45) is -4.61. The highest BCUT2D eigenvalue weighted by atomic mass is 32.2. The first-order chi connectivity index (χ1) is 11.9. The summed E-state index contributed by atoms with van der Waals surface area (Å²) in [5, 5.41) is 7.65. The van der Waals surface area contributed by atoms with Gasteiger partial charge in [0.2, 0.25) is 0 Å². The van der Waals surface area contributed by atoms with Crippen molar-refractivity contribution < 1.29 is 22.7 Å². The number of esters is 1. The van der Waals surface area contributed by atoms with Crippen LogP contribution in [0.3, 0.4) is 0 Å². The van der Waals surface area contributed by atoms with E-state index in [0.29, 0.717) is 5.75 Å². The molecule has 0 amide bonds. The summed E-state index contributed by atoms with van der Waals surface area (Å²) in [5.41, 5.74) is -0.274. The van der Waals surface area contributed by atoms with Gasteiger partial charge in [0.1, 0.15) is 11.3 Å². The molecule has 0 spiro atoms. The number of hydrogen-bond donors (Lipinski definition) is 0. The Bertz CT molecular complexity index is 910. The van der Waals surface area contributed by atoms with E-state index in [9.17, 15) is 18.0 Å². The standard InChI is InChI=1S/C16H12F3N3O2S/c1-24-14(23)11-7-8-12(16(17,18)19)22-13(11)20-21-15(22)25-9-10-5-3-2-4-6-10/h2-8H,9H2,1H3. The number of hydrogen-bond acceptors (Lipinski definition) is 5. The maximum absolute atomic E-state index is 13.4. The topological polar surface area (TPSA) is 56.5 Å². The summed E-state index contributed by atoms with van der Waals surface area (Å²) in [6, 6.07) is 11.1. The van der Waals surface area contributed by atoms with E-state index in [4.69, 9.17) is 0 Å². The first kappa shape index (κ1) is 17.3. The Morgan fingerprint density at radius 2 is 1.88 bits per heavy atom. The average Bonchev–Trinajstić information content (AvgIpc) is 3.02. The summed E-state index contributed by atoms with van der Waals surface area (Å²) in [5.74, 6) is -0.354. The van der Waals surface area contributed by atoms with Crippen LogP contribution in [0.4, 0.5) is 13.2 Å². The van der Waals surface area contributed by atoms with Gasteiger partial charge < -0.3 is 4.74 Å². The molecule has 0 aliphatic heterocycles. The number of benzene rings is 1. The van der Waals surface area contributed by atoms with Crippen molar-refractivity contribution in [3.05, 3.63) is 59.3 Å². The molecule has 0 unspecified atom stereocenters. The normalized spacial score (nSPS) is 11.7. The lowest BCUT2D eigenvalue weighted by Gasteiger charge is -2.12. The Kier molecular flexibility index (Phi) is 4.67. The zero-order chi connectivity index (χ0) is 18.0. The van der Waals surface area contributed by atoms with Gasteiger partial charge in [-0.15, -0.1) is 10.2 Å². The van der Waals surface area contributed by atoms with E-state index in [1.807, 2.05) is 30.3 Å². The Labute approximate surface area is 144 Å². The Balaban J connectivity index is 2.08. The van der Waals surface area contributed by atoms with Crippen molar-refractivity contribution >= 4 is 23.4 Å². The minimum atomic E-state index is -4.61. The molecule has 25 heavy (non-hydrogen) atoms. The summed E-state index contributed by atoms with van der Waals surface area (Å²) in [7, 11) is 1.15. The highest BCUT2D eigenvalue weighted by Gasteiger charge is 2.36. The predicted molar refractivity (Wildman–Crippen MR) is 85.3 cm³/mol. The number of ether oxygens (including phenoxy) is 1. The number of pyridine rings is 1. The van der Waals surface area contributed by atoms with Crippen LogP contribution < -0.4 is 0 Å². The fourth-order valence-electron chi connectivity index (χ4n) is 2.28. The quantitative estimate of drug-likeness (QED) is 0.518. The van der Waals surface area contributed by atoms with Crippen molar-refractivity contribution in [2.45, 2.75) is 17.1 Å². The van der Waals surface area contributed by atoms with Gasteiger partial charge in [-0.25, -0.2) is 4.79 Å². The van der Waals surface area contributed by atoms with Gasteiger partial charge in [-0.05, 0) is 17.7 Å².